The third kappa shape index (κ3) is 6.98. The van der Waals surface area contributed by atoms with E-state index in [9.17, 15) is 0 Å². The van der Waals surface area contributed by atoms with Crippen molar-refractivity contribution in [3.8, 4) is 0 Å². The van der Waals surface area contributed by atoms with Crippen molar-refractivity contribution in [3.05, 3.63) is 35.9 Å². The van der Waals surface area contributed by atoms with Crippen molar-refractivity contribution in [2.75, 3.05) is 59.4 Å². The largest absolute Gasteiger partial charge is 0.357 e. The molecule has 0 amide bonds. The van der Waals surface area contributed by atoms with Gasteiger partial charge in [-0.05, 0) is 45.8 Å². The highest BCUT2D eigenvalue weighted by Gasteiger charge is 2.24. The standard InChI is InChI=1S/C23H40N6/c1-4-24-23(25-17-20(2)28-15-13-27(3)14-16-28)26-18-22-11-8-12-29(22)19-21-9-6-5-7-10-21/h5-7,9-10,20,22H,4,8,11-19H2,1-3H3,(H2,24,25,26). The van der Waals surface area contributed by atoms with Crippen molar-refractivity contribution in [2.24, 2.45) is 4.99 Å². The predicted octanol–water partition coefficient (Wildman–Crippen LogP) is 1.84. The fraction of sp³-hybridized carbons (Fsp3) is 0.696. The maximum Gasteiger partial charge on any atom is 0.191 e. The van der Waals surface area contributed by atoms with Crippen molar-refractivity contribution < 1.29 is 0 Å². The summed E-state index contributed by atoms with van der Waals surface area (Å²) in [5.74, 6) is 0.958. The SMILES string of the molecule is CCNC(=NCC(C)N1CCN(C)CC1)NCC1CCCN1Cc1ccccc1. The number of likely N-dealkylation sites (N-methyl/N-ethyl adjacent to an activating group) is 1. The van der Waals surface area contributed by atoms with Crippen LogP contribution in [-0.4, -0.2) is 92.1 Å². The monoisotopic (exact) mass is 400 g/mol. The van der Waals surface area contributed by atoms with Gasteiger partial charge in [0.2, 0.25) is 0 Å². The highest BCUT2D eigenvalue weighted by atomic mass is 15.3. The second-order valence-corrected chi connectivity index (χ2v) is 8.54. The zero-order chi connectivity index (χ0) is 20.5. The Morgan fingerprint density at radius 1 is 1.10 bits per heavy atom. The van der Waals surface area contributed by atoms with E-state index in [2.05, 4.69) is 76.6 Å². The van der Waals surface area contributed by atoms with Crippen LogP contribution in [0.25, 0.3) is 0 Å². The molecule has 0 spiro atoms. The number of hydrogen-bond donors (Lipinski definition) is 2. The summed E-state index contributed by atoms with van der Waals surface area (Å²) in [6.07, 6.45) is 2.55. The third-order valence-electron chi connectivity index (χ3n) is 6.25. The fourth-order valence-corrected chi connectivity index (χ4v) is 4.31. The van der Waals surface area contributed by atoms with Gasteiger partial charge in [0.1, 0.15) is 0 Å². The van der Waals surface area contributed by atoms with Gasteiger partial charge >= 0.3 is 0 Å². The van der Waals surface area contributed by atoms with Gasteiger partial charge in [-0.3, -0.25) is 14.8 Å². The summed E-state index contributed by atoms with van der Waals surface area (Å²) in [6.45, 7) is 14.0. The first kappa shape index (κ1) is 22.1. The number of rotatable bonds is 8. The first-order chi connectivity index (χ1) is 14.2. The molecular weight excluding hydrogens is 360 g/mol. The molecule has 2 aliphatic rings. The van der Waals surface area contributed by atoms with E-state index in [0.29, 0.717) is 12.1 Å². The van der Waals surface area contributed by atoms with E-state index in [1.165, 1.54) is 24.9 Å². The van der Waals surface area contributed by atoms with Crippen LogP contribution in [-0.2, 0) is 6.54 Å². The van der Waals surface area contributed by atoms with Crippen molar-refractivity contribution in [1.29, 1.82) is 0 Å². The maximum absolute atomic E-state index is 4.90. The van der Waals surface area contributed by atoms with Crippen LogP contribution in [0.15, 0.2) is 35.3 Å². The van der Waals surface area contributed by atoms with Crippen LogP contribution in [0.3, 0.4) is 0 Å². The molecule has 0 aromatic heterocycles. The van der Waals surface area contributed by atoms with Gasteiger partial charge in [-0.1, -0.05) is 30.3 Å². The van der Waals surface area contributed by atoms with Gasteiger partial charge in [0.15, 0.2) is 5.96 Å². The summed E-state index contributed by atoms with van der Waals surface area (Å²) in [4.78, 5) is 12.5. The molecular formula is C23H40N6. The van der Waals surface area contributed by atoms with E-state index >= 15 is 0 Å². The molecule has 1 aromatic carbocycles. The molecule has 0 radical (unpaired) electrons. The highest BCUT2D eigenvalue weighted by Crippen LogP contribution is 2.19. The van der Waals surface area contributed by atoms with E-state index in [1.54, 1.807) is 0 Å². The molecule has 2 fully saturated rings. The van der Waals surface area contributed by atoms with Gasteiger partial charge in [-0.2, -0.15) is 0 Å². The van der Waals surface area contributed by atoms with Crippen LogP contribution in [0.1, 0.15) is 32.3 Å². The van der Waals surface area contributed by atoms with Crippen LogP contribution >= 0.6 is 0 Å². The van der Waals surface area contributed by atoms with E-state index in [1.807, 2.05) is 0 Å². The molecule has 0 bridgehead atoms. The molecule has 6 nitrogen and oxygen atoms in total. The van der Waals surface area contributed by atoms with Crippen LogP contribution in [0.4, 0.5) is 0 Å². The summed E-state index contributed by atoms with van der Waals surface area (Å²) in [5, 5.41) is 7.04. The number of likely N-dealkylation sites (tertiary alicyclic amines) is 1. The van der Waals surface area contributed by atoms with E-state index < -0.39 is 0 Å². The average molecular weight is 401 g/mol. The Bertz CT molecular complexity index is 611. The first-order valence-electron chi connectivity index (χ1n) is 11.4. The van der Waals surface area contributed by atoms with E-state index in [0.717, 1.165) is 58.3 Å². The van der Waals surface area contributed by atoms with Crippen LogP contribution in [0.2, 0.25) is 0 Å². The number of hydrogen-bond acceptors (Lipinski definition) is 4. The normalized spacial score (nSPS) is 23.3. The second kappa shape index (κ2) is 11.5. The first-order valence-corrected chi connectivity index (χ1v) is 11.4. The Morgan fingerprint density at radius 3 is 2.59 bits per heavy atom. The summed E-state index contributed by atoms with van der Waals surface area (Å²) < 4.78 is 0. The number of benzene rings is 1. The second-order valence-electron chi connectivity index (χ2n) is 8.54. The number of aliphatic imine (C=N–C) groups is 1. The summed E-state index contributed by atoms with van der Waals surface area (Å²) in [7, 11) is 2.21. The lowest BCUT2D eigenvalue weighted by Crippen LogP contribution is -2.49. The van der Waals surface area contributed by atoms with Gasteiger partial charge in [0.05, 0.1) is 6.54 Å². The molecule has 2 N–H and O–H groups in total. The smallest absolute Gasteiger partial charge is 0.191 e. The molecule has 0 saturated carbocycles. The maximum atomic E-state index is 4.90. The fourth-order valence-electron chi connectivity index (χ4n) is 4.31. The predicted molar refractivity (Wildman–Crippen MR) is 122 cm³/mol. The topological polar surface area (TPSA) is 46.1 Å². The lowest BCUT2D eigenvalue weighted by molar-refractivity contribution is 0.122. The Labute approximate surface area is 177 Å². The van der Waals surface area contributed by atoms with Crippen LogP contribution in [0.5, 0.6) is 0 Å². The van der Waals surface area contributed by atoms with Gasteiger partial charge < -0.3 is 15.5 Å². The van der Waals surface area contributed by atoms with Gasteiger partial charge in [-0.15, -0.1) is 0 Å². The number of nitrogens with one attached hydrogen (secondary N) is 2. The van der Waals surface area contributed by atoms with E-state index in [-0.39, 0.29) is 0 Å². The average Bonchev–Trinajstić information content (AvgIpc) is 3.18. The molecule has 2 heterocycles. The molecule has 29 heavy (non-hydrogen) atoms. The lowest BCUT2D eigenvalue weighted by Gasteiger charge is -2.36. The Hall–Kier alpha value is -1.63. The molecule has 6 heteroatoms. The van der Waals surface area contributed by atoms with Crippen molar-refractivity contribution in [1.82, 2.24) is 25.3 Å². The zero-order valence-corrected chi connectivity index (χ0v) is 18.6. The van der Waals surface area contributed by atoms with Gasteiger partial charge in [0.25, 0.3) is 0 Å². The van der Waals surface area contributed by atoms with Crippen molar-refractivity contribution in [3.63, 3.8) is 0 Å². The summed E-state index contributed by atoms with van der Waals surface area (Å²) in [6, 6.07) is 11.9. The van der Waals surface area contributed by atoms with Crippen molar-refractivity contribution in [2.45, 2.75) is 45.3 Å². The number of nitrogens with zero attached hydrogens (tertiary/aromatic N) is 4. The lowest BCUT2D eigenvalue weighted by atomic mass is 10.2. The minimum Gasteiger partial charge on any atom is -0.357 e. The van der Waals surface area contributed by atoms with Crippen LogP contribution in [0, 0.1) is 0 Å². The molecule has 3 rings (SSSR count). The summed E-state index contributed by atoms with van der Waals surface area (Å²) in [5.41, 5.74) is 1.40. The molecule has 1 aromatic rings. The molecule has 162 valence electrons. The molecule has 2 aliphatic heterocycles. The minimum atomic E-state index is 0.486. The molecule has 0 aliphatic carbocycles. The summed E-state index contributed by atoms with van der Waals surface area (Å²) >= 11 is 0. The number of piperazine rings is 1. The third-order valence-corrected chi connectivity index (χ3v) is 6.25. The quantitative estimate of drug-likeness (QED) is 0.515. The zero-order valence-electron chi connectivity index (χ0n) is 18.6. The Balaban J connectivity index is 1.48. The highest BCUT2D eigenvalue weighted by molar-refractivity contribution is 5.79. The van der Waals surface area contributed by atoms with Gasteiger partial charge in [-0.25, -0.2) is 0 Å². The van der Waals surface area contributed by atoms with Crippen molar-refractivity contribution >= 4 is 5.96 Å². The number of guanidine groups is 1. The minimum absolute atomic E-state index is 0.486. The molecule has 2 unspecified atom stereocenters. The molecule has 2 atom stereocenters. The Kier molecular flexibility index (Phi) is 8.77. The van der Waals surface area contributed by atoms with Crippen LogP contribution < -0.4 is 10.6 Å². The van der Waals surface area contributed by atoms with Gasteiger partial charge in [0, 0.05) is 57.9 Å². The Morgan fingerprint density at radius 2 is 1.86 bits per heavy atom. The van der Waals surface area contributed by atoms with E-state index in [4.69, 9.17) is 4.99 Å². The molecule has 2 saturated heterocycles.